The number of hydrogen-bond donors (Lipinski definition) is 1. The molecule has 3 heteroatoms. The van der Waals surface area contributed by atoms with Crippen molar-refractivity contribution >= 4 is 5.97 Å². The van der Waals surface area contributed by atoms with Crippen molar-refractivity contribution in [2.75, 3.05) is 13.2 Å². The third kappa shape index (κ3) is 1.88. The van der Waals surface area contributed by atoms with Crippen molar-refractivity contribution in [3.05, 3.63) is 12.2 Å². The molecule has 3 atom stereocenters. The first kappa shape index (κ1) is 11.6. The molecule has 16 heavy (non-hydrogen) atoms. The van der Waals surface area contributed by atoms with Gasteiger partial charge in [-0.1, -0.05) is 13.0 Å². The Bertz CT molecular complexity index is 310. The zero-order chi connectivity index (χ0) is 11.8. The average Bonchev–Trinajstić information content (AvgIpc) is 2.85. The highest BCUT2D eigenvalue weighted by atomic mass is 16.5. The van der Waals surface area contributed by atoms with Gasteiger partial charge in [0.25, 0.3) is 0 Å². The van der Waals surface area contributed by atoms with Gasteiger partial charge in [0.2, 0.25) is 0 Å². The number of carbonyl (C=O) groups excluding carboxylic acids is 1. The highest BCUT2D eigenvalue weighted by molar-refractivity contribution is 5.86. The van der Waals surface area contributed by atoms with Crippen molar-refractivity contribution in [2.45, 2.75) is 32.6 Å². The first-order chi connectivity index (χ1) is 7.57. The molecule has 0 radical (unpaired) electrons. The third-order valence-corrected chi connectivity index (χ3v) is 4.26. The van der Waals surface area contributed by atoms with E-state index in [2.05, 4.69) is 6.58 Å². The van der Waals surface area contributed by atoms with Crippen molar-refractivity contribution in [1.82, 2.24) is 0 Å². The second-order valence-electron chi connectivity index (χ2n) is 5.46. The predicted molar refractivity (Wildman–Crippen MR) is 60.7 cm³/mol. The van der Waals surface area contributed by atoms with Gasteiger partial charge in [0.15, 0.2) is 0 Å². The highest BCUT2D eigenvalue weighted by Gasteiger charge is 2.51. The van der Waals surface area contributed by atoms with Gasteiger partial charge in [0.05, 0.1) is 13.2 Å². The maximum Gasteiger partial charge on any atom is 0.333 e. The third-order valence-electron chi connectivity index (χ3n) is 4.26. The fourth-order valence-electron chi connectivity index (χ4n) is 3.31. The molecular formula is C13H20O3. The van der Waals surface area contributed by atoms with Crippen LogP contribution in [-0.2, 0) is 9.53 Å². The molecule has 0 spiro atoms. The molecule has 0 aliphatic heterocycles. The Balaban J connectivity index is 1.96. The summed E-state index contributed by atoms with van der Waals surface area (Å²) in [5.74, 6) is 0.941. The molecule has 2 bridgehead atoms. The van der Waals surface area contributed by atoms with Crippen LogP contribution in [0.5, 0.6) is 0 Å². The van der Waals surface area contributed by atoms with Gasteiger partial charge in [0, 0.05) is 11.0 Å². The highest BCUT2D eigenvalue weighted by Crippen LogP contribution is 2.55. The van der Waals surface area contributed by atoms with Gasteiger partial charge in [-0.25, -0.2) is 4.79 Å². The van der Waals surface area contributed by atoms with E-state index in [9.17, 15) is 9.90 Å². The lowest BCUT2D eigenvalue weighted by molar-refractivity contribution is -0.145. The van der Waals surface area contributed by atoms with E-state index < -0.39 is 0 Å². The summed E-state index contributed by atoms with van der Waals surface area (Å²) in [5, 5.41) is 9.58. The first-order valence-corrected chi connectivity index (χ1v) is 6.01. The zero-order valence-corrected chi connectivity index (χ0v) is 9.87. The number of fused-ring (bicyclic) bond motifs is 2. The summed E-state index contributed by atoms with van der Waals surface area (Å²) >= 11 is 0. The molecule has 0 aromatic carbocycles. The van der Waals surface area contributed by atoms with E-state index in [-0.39, 0.29) is 18.0 Å². The van der Waals surface area contributed by atoms with Gasteiger partial charge >= 0.3 is 5.97 Å². The summed E-state index contributed by atoms with van der Waals surface area (Å²) in [6.45, 7) is 5.70. The molecular weight excluding hydrogens is 204 g/mol. The number of ether oxygens (including phenoxy) is 1. The minimum Gasteiger partial charge on any atom is -0.462 e. The van der Waals surface area contributed by atoms with E-state index >= 15 is 0 Å². The van der Waals surface area contributed by atoms with Crippen LogP contribution in [0.25, 0.3) is 0 Å². The minimum atomic E-state index is -0.337. The minimum absolute atomic E-state index is 0.137. The Morgan fingerprint density at radius 1 is 1.56 bits per heavy atom. The molecule has 3 unspecified atom stereocenters. The molecule has 2 saturated carbocycles. The van der Waals surface area contributed by atoms with Crippen LogP contribution in [-0.4, -0.2) is 24.3 Å². The van der Waals surface area contributed by atoms with E-state index in [0.717, 1.165) is 12.3 Å². The Kier molecular flexibility index (Phi) is 3.06. The van der Waals surface area contributed by atoms with Crippen molar-refractivity contribution in [1.29, 1.82) is 0 Å². The first-order valence-electron chi connectivity index (χ1n) is 6.01. The molecule has 90 valence electrons. The van der Waals surface area contributed by atoms with Crippen LogP contribution in [0.1, 0.15) is 32.6 Å². The number of hydrogen-bond acceptors (Lipinski definition) is 3. The van der Waals surface area contributed by atoms with Crippen LogP contribution in [0.15, 0.2) is 12.2 Å². The van der Waals surface area contributed by atoms with Crippen LogP contribution in [0.4, 0.5) is 0 Å². The molecule has 0 heterocycles. The smallest absolute Gasteiger partial charge is 0.333 e. The van der Waals surface area contributed by atoms with Gasteiger partial charge in [-0.2, -0.15) is 0 Å². The maximum atomic E-state index is 11.4. The van der Waals surface area contributed by atoms with Crippen molar-refractivity contribution in [3.8, 4) is 0 Å². The van der Waals surface area contributed by atoms with Gasteiger partial charge in [-0.15, -0.1) is 0 Å². The van der Waals surface area contributed by atoms with Gasteiger partial charge in [-0.05, 0) is 38.0 Å². The van der Waals surface area contributed by atoms with Crippen LogP contribution in [0, 0.1) is 17.3 Å². The molecule has 0 amide bonds. The van der Waals surface area contributed by atoms with Gasteiger partial charge < -0.3 is 9.84 Å². The molecule has 3 nitrogen and oxygen atoms in total. The summed E-state index contributed by atoms with van der Waals surface area (Å²) < 4.78 is 5.24. The number of aliphatic hydroxyl groups is 1. The summed E-state index contributed by atoms with van der Waals surface area (Å²) in [6.07, 6.45) is 4.67. The number of carbonyl (C=O) groups is 1. The molecule has 0 aromatic heterocycles. The number of aliphatic hydroxyl groups excluding tert-OH is 1. The standard InChI is InChI=1S/C13H20O3/c1-9(2)12(15)16-8-13(7-14)6-10-3-4-11(13)5-10/h10-11,14H,1,3-8H2,2H3. The van der Waals surface area contributed by atoms with Gasteiger partial charge in [-0.3, -0.25) is 0 Å². The monoisotopic (exact) mass is 224 g/mol. The molecule has 0 saturated heterocycles. The molecule has 1 N–H and O–H groups in total. The van der Waals surface area contributed by atoms with Crippen LogP contribution < -0.4 is 0 Å². The summed E-state index contributed by atoms with van der Waals surface area (Å²) in [6, 6.07) is 0. The Morgan fingerprint density at radius 2 is 2.31 bits per heavy atom. The summed E-state index contributed by atoms with van der Waals surface area (Å²) in [7, 11) is 0. The quantitative estimate of drug-likeness (QED) is 0.586. The summed E-state index contributed by atoms with van der Waals surface area (Å²) in [5.41, 5.74) is 0.268. The maximum absolute atomic E-state index is 11.4. The summed E-state index contributed by atoms with van der Waals surface area (Å²) in [4.78, 5) is 11.4. The normalized spacial score (nSPS) is 36.4. The van der Waals surface area contributed by atoms with E-state index in [0.29, 0.717) is 18.1 Å². The Labute approximate surface area is 96.5 Å². The second-order valence-corrected chi connectivity index (χ2v) is 5.46. The van der Waals surface area contributed by atoms with Crippen LogP contribution in [0.3, 0.4) is 0 Å². The van der Waals surface area contributed by atoms with Crippen LogP contribution >= 0.6 is 0 Å². The fourth-order valence-corrected chi connectivity index (χ4v) is 3.31. The Morgan fingerprint density at radius 3 is 2.75 bits per heavy atom. The average molecular weight is 224 g/mol. The van der Waals surface area contributed by atoms with Crippen molar-refractivity contribution in [2.24, 2.45) is 17.3 Å². The molecule has 2 aliphatic rings. The molecule has 2 rings (SSSR count). The van der Waals surface area contributed by atoms with Crippen molar-refractivity contribution < 1.29 is 14.6 Å². The molecule has 0 aromatic rings. The lowest BCUT2D eigenvalue weighted by Gasteiger charge is -2.35. The van der Waals surface area contributed by atoms with Crippen LogP contribution in [0.2, 0.25) is 0 Å². The van der Waals surface area contributed by atoms with E-state index in [4.69, 9.17) is 4.74 Å². The SMILES string of the molecule is C=C(C)C(=O)OCC1(CO)CC2CCC1C2. The lowest BCUT2D eigenvalue weighted by Crippen LogP contribution is -2.37. The molecule has 2 aliphatic carbocycles. The number of esters is 1. The lowest BCUT2D eigenvalue weighted by atomic mass is 9.74. The van der Waals surface area contributed by atoms with Gasteiger partial charge in [0.1, 0.15) is 0 Å². The number of rotatable bonds is 4. The molecule has 2 fully saturated rings. The Hall–Kier alpha value is -0.830. The second kappa shape index (κ2) is 4.21. The fraction of sp³-hybridized carbons (Fsp3) is 0.769. The zero-order valence-electron chi connectivity index (χ0n) is 9.87. The largest absolute Gasteiger partial charge is 0.462 e. The van der Waals surface area contributed by atoms with E-state index in [1.807, 2.05) is 0 Å². The predicted octanol–water partition coefficient (Wildman–Crippen LogP) is 1.90. The van der Waals surface area contributed by atoms with E-state index in [1.54, 1.807) is 6.92 Å². The topological polar surface area (TPSA) is 46.5 Å². The van der Waals surface area contributed by atoms with Crippen molar-refractivity contribution in [3.63, 3.8) is 0 Å². The van der Waals surface area contributed by atoms with E-state index in [1.165, 1.54) is 19.3 Å².